The third-order valence-electron chi connectivity index (χ3n) is 5.25. The lowest BCUT2D eigenvalue weighted by molar-refractivity contribution is 0.0946. The van der Waals surface area contributed by atoms with Gasteiger partial charge in [-0.25, -0.2) is 0 Å². The number of aryl methyl sites for hydroxylation is 1. The Balaban J connectivity index is 1.57. The maximum Gasteiger partial charge on any atom is 0.255 e. The van der Waals surface area contributed by atoms with Gasteiger partial charge >= 0.3 is 0 Å². The van der Waals surface area contributed by atoms with Crippen molar-refractivity contribution in [1.82, 2.24) is 20.1 Å². The zero-order valence-corrected chi connectivity index (χ0v) is 20.1. The molecule has 7 nitrogen and oxygen atoms in total. The number of benzene rings is 3. The van der Waals surface area contributed by atoms with Crippen LogP contribution in [0.1, 0.15) is 27.3 Å². The van der Waals surface area contributed by atoms with Crippen LogP contribution < -0.4 is 14.8 Å². The maximum atomic E-state index is 12.8. The minimum atomic E-state index is -0.235. The molecule has 0 radical (unpaired) electrons. The molecule has 1 amide bonds. The quantitative estimate of drug-likeness (QED) is 0.351. The topological polar surface area (TPSA) is 78.3 Å². The van der Waals surface area contributed by atoms with Crippen LogP contribution in [0.2, 0.25) is 0 Å². The molecule has 0 spiro atoms. The largest absolute Gasteiger partial charge is 0.497 e. The fraction of sp³-hybridized carbons (Fsp3) is 0.192. The molecule has 0 saturated carbocycles. The third kappa shape index (κ3) is 5.40. The van der Waals surface area contributed by atoms with Crippen LogP contribution in [0.4, 0.5) is 0 Å². The molecule has 1 aromatic heterocycles. The van der Waals surface area contributed by atoms with E-state index in [0.717, 1.165) is 27.7 Å². The van der Waals surface area contributed by atoms with E-state index in [1.165, 1.54) is 0 Å². The highest BCUT2D eigenvalue weighted by Gasteiger charge is 2.17. The van der Waals surface area contributed by atoms with Gasteiger partial charge in [0.1, 0.15) is 11.5 Å². The summed E-state index contributed by atoms with van der Waals surface area (Å²) in [6, 6.07) is 23.2. The van der Waals surface area contributed by atoms with Crippen LogP contribution in [-0.2, 0) is 12.3 Å². The number of para-hydroxylation sites is 1. The summed E-state index contributed by atoms with van der Waals surface area (Å²) >= 11 is 1.58. The van der Waals surface area contributed by atoms with Crippen LogP contribution in [0.25, 0.3) is 5.69 Å². The minimum absolute atomic E-state index is 0.220. The van der Waals surface area contributed by atoms with Crippen molar-refractivity contribution in [2.75, 3.05) is 14.2 Å². The van der Waals surface area contributed by atoms with Crippen molar-refractivity contribution in [2.45, 2.75) is 24.4 Å². The van der Waals surface area contributed by atoms with Gasteiger partial charge in [-0.2, -0.15) is 0 Å². The molecular formula is C26H26N4O3S. The summed E-state index contributed by atoms with van der Waals surface area (Å²) in [4.78, 5) is 12.8. The van der Waals surface area contributed by atoms with Gasteiger partial charge in [-0.05, 0) is 48.9 Å². The highest BCUT2D eigenvalue weighted by Crippen LogP contribution is 2.27. The summed E-state index contributed by atoms with van der Waals surface area (Å²) in [7, 11) is 3.21. The first-order valence-corrected chi connectivity index (χ1v) is 11.8. The maximum absolute atomic E-state index is 12.8. The van der Waals surface area contributed by atoms with Crippen molar-refractivity contribution in [2.24, 2.45) is 0 Å². The summed E-state index contributed by atoms with van der Waals surface area (Å²) in [5.41, 5.74) is 3.69. The Kier molecular flexibility index (Phi) is 7.49. The predicted molar refractivity (Wildman–Crippen MR) is 133 cm³/mol. The second-order valence-corrected chi connectivity index (χ2v) is 8.54. The van der Waals surface area contributed by atoms with E-state index in [1.807, 2.05) is 60.0 Å². The molecule has 0 fully saturated rings. The molecule has 0 aliphatic carbocycles. The molecule has 8 heteroatoms. The van der Waals surface area contributed by atoms with Gasteiger partial charge in [-0.3, -0.25) is 9.36 Å². The monoisotopic (exact) mass is 474 g/mol. The van der Waals surface area contributed by atoms with Gasteiger partial charge in [0.05, 0.1) is 26.3 Å². The summed E-state index contributed by atoms with van der Waals surface area (Å²) < 4.78 is 12.6. The van der Waals surface area contributed by atoms with Crippen LogP contribution in [0.5, 0.6) is 11.5 Å². The van der Waals surface area contributed by atoms with Crippen molar-refractivity contribution >= 4 is 17.7 Å². The standard InChI is InChI=1S/C26H26N4O3S/c1-18-11-13-20(14-12-18)30-24(16-27-25(31)22-9-4-5-10-23(22)33-3)28-29-26(30)34-17-19-7-6-8-21(15-19)32-2/h4-15H,16-17H2,1-3H3,(H,27,31). The van der Waals surface area contributed by atoms with Crippen LogP contribution >= 0.6 is 11.8 Å². The lowest BCUT2D eigenvalue weighted by atomic mass is 10.2. The first-order valence-electron chi connectivity index (χ1n) is 10.8. The number of ether oxygens (including phenoxy) is 2. The van der Waals surface area contributed by atoms with Gasteiger partial charge < -0.3 is 14.8 Å². The van der Waals surface area contributed by atoms with Gasteiger partial charge in [-0.15, -0.1) is 10.2 Å². The van der Waals surface area contributed by atoms with E-state index >= 15 is 0 Å². The first kappa shape index (κ1) is 23.4. The van der Waals surface area contributed by atoms with E-state index in [4.69, 9.17) is 9.47 Å². The number of carbonyl (C=O) groups is 1. The van der Waals surface area contributed by atoms with Crippen LogP contribution in [0.15, 0.2) is 78.0 Å². The zero-order chi connectivity index (χ0) is 23.9. The SMILES string of the molecule is COc1cccc(CSc2nnc(CNC(=O)c3ccccc3OC)n2-c2ccc(C)cc2)c1. The average Bonchev–Trinajstić information content (AvgIpc) is 3.29. The third-order valence-corrected chi connectivity index (χ3v) is 6.25. The molecule has 0 aliphatic heterocycles. The van der Waals surface area contributed by atoms with Crippen LogP contribution in [0.3, 0.4) is 0 Å². The van der Waals surface area contributed by atoms with Crippen molar-refractivity contribution in [3.8, 4) is 17.2 Å². The molecule has 0 saturated heterocycles. The number of carbonyl (C=O) groups excluding carboxylic acids is 1. The van der Waals surface area contributed by atoms with Gasteiger partial charge in [-0.1, -0.05) is 53.7 Å². The molecule has 4 rings (SSSR count). The average molecular weight is 475 g/mol. The number of nitrogens with zero attached hydrogens (tertiary/aromatic N) is 3. The summed E-state index contributed by atoms with van der Waals surface area (Å²) in [6.45, 7) is 2.26. The molecule has 3 aromatic carbocycles. The number of nitrogens with one attached hydrogen (secondary N) is 1. The van der Waals surface area contributed by atoms with Crippen molar-refractivity contribution in [3.05, 3.63) is 95.3 Å². The van der Waals surface area contributed by atoms with Crippen molar-refractivity contribution in [3.63, 3.8) is 0 Å². The van der Waals surface area contributed by atoms with E-state index in [9.17, 15) is 4.79 Å². The summed E-state index contributed by atoms with van der Waals surface area (Å²) in [5.74, 6) is 2.45. The molecule has 4 aromatic rings. The van der Waals surface area contributed by atoms with Crippen LogP contribution in [0, 0.1) is 6.92 Å². The molecule has 0 aliphatic rings. The van der Waals surface area contributed by atoms with Crippen LogP contribution in [-0.4, -0.2) is 34.9 Å². The van der Waals surface area contributed by atoms with E-state index < -0.39 is 0 Å². The Labute approximate surface area is 203 Å². The van der Waals surface area contributed by atoms with Gasteiger partial charge in [0.25, 0.3) is 5.91 Å². The number of aromatic nitrogens is 3. The molecule has 1 heterocycles. The summed E-state index contributed by atoms with van der Waals surface area (Å²) in [5, 5.41) is 12.5. The molecular weight excluding hydrogens is 448 g/mol. The number of amides is 1. The lowest BCUT2D eigenvalue weighted by Crippen LogP contribution is -2.25. The number of hydrogen-bond donors (Lipinski definition) is 1. The van der Waals surface area contributed by atoms with E-state index in [-0.39, 0.29) is 12.5 Å². The number of thioether (sulfide) groups is 1. The molecule has 34 heavy (non-hydrogen) atoms. The molecule has 1 N–H and O–H groups in total. The highest BCUT2D eigenvalue weighted by atomic mass is 32.2. The first-order chi connectivity index (χ1) is 16.6. The predicted octanol–water partition coefficient (Wildman–Crippen LogP) is 4.82. The smallest absolute Gasteiger partial charge is 0.255 e. The highest BCUT2D eigenvalue weighted by molar-refractivity contribution is 7.98. The normalized spacial score (nSPS) is 10.7. The minimum Gasteiger partial charge on any atom is -0.497 e. The fourth-order valence-corrected chi connectivity index (χ4v) is 4.37. The number of methoxy groups -OCH3 is 2. The fourth-order valence-electron chi connectivity index (χ4n) is 3.46. The van der Waals surface area contributed by atoms with Crippen molar-refractivity contribution < 1.29 is 14.3 Å². The number of hydrogen-bond acceptors (Lipinski definition) is 6. The second kappa shape index (κ2) is 10.9. The summed E-state index contributed by atoms with van der Waals surface area (Å²) in [6.07, 6.45) is 0. The Morgan fingerprint density at radius 1 is 0.971 bits per heavy atom. The Bertz CT molecular complexity index is 1270. The molecule has 174 valence electrons. The second-order valence-electron chi connectivity index (χ2n) is 7.59. The lowest BCUT2D eigenvalue weighted by Gasteiger charge is -2.12. The molecule has 0 atom stereocenters. The Hall–Kier alpha value is -3.78. The van der Waals surface area contributed by atoms with Gasteiger partial charge in [0, 0.05) is 11.4 Å². The van der Waals surface area contributed by atoms with E-state index in [1.54, 1.807) is 44.2 Å². The number of rotatable bonds is 9. The van der Waals surface area contributed by atoms with Gasteiger partial charge in [0.2, 0.25) is 0 Å². The molecule has 0 unspecified atom stereocenters. The molecule has 0 bridgehead atoms. The van der Waals surface area contributed by atoms with Gasteiger partial charge in [0.15, 0.2) is 11.0 Å². The van der Waals surface area contributed by atoms with E-state index in [2.05, 4.69) is 21.6 Å². The van der Waals surface area contributed by atoms with Crippen molar-refractivity contribution in [1.29, 1.82) is 0 Å². The zero-order valence-electron chi connectivity index (χ0n) is 19.3. The van der Waals surface area contributed by atoms with E-state index in [0.29, 0.717) is 22.9 Å². The Morgan fingerprint density at radius 2 is 1.76 bits per heavy atom. The Morgan fingerprint density at radius 3 is 2.53 bits per heavy atom.